The molecule has 0 saturated carbocycles. The van der Waals surface area contributed by atoms with E-state index in [1.54, 1.807) is 11.3 Å². The molecule has 3 N–H and O–H groups in total. The monoisotopic (exact) mass is 278 g/mol. The Morgan fingerprint density at radius 2 is 2.05 bits per heavy atom. The Morgan fingerprint density at radius 3 is 2.68 bits per heavy atom. The highest BCUT2D eigenvalue weighted by Crippen LogP contribution is 2.32. The van der Waals surface area contributed by atoms with Crippen molar-refractivity contribution in [3.63, 3.8) is 0 Å². The highest BCUT2D eigenvalue weighted by molar-refractivity contribution is 7.18. The van der Waals surface area contributed by atoms with Crippen LogP contribution in [0.15, 0.2) is 0 Å². The Bertz CT molecular complexity index is 642. The average Bonchev–Trinajstić information content (AvgIpc) is 2.52. The van der Waals surface area contributed by atoms with E-state index in [2.05, 4.69) is 28.7 Å². The molecule has 1 saturated heterocycles. The molecule has 1 aliphatic rings. The molecule has 0 amide bonds. The van der Waals surface area contributed by atoms with Crippen molar-refractivity contribution in [2.75, 3.05) is 18.8 Å². The van der Waals surface area contributed by atoms with E-state index in [0.717, 1.165) is 16.0 Å². The summed E-state index contributed by atoms with van der Waals surface area (Å²) in [5.41, 5.74) is 6.66. The normalized spacial score (nSPS) is 18.7. The van der Waals surface area contributed by atoms with E-state index < -0.39 is 5.60 Å². The number of nitrogen functional groups attached to an aromatic ring is 1. The van der Waals surface area contributed by atoms with Crippen LogP contribution in [0.1, 0.15) is 23.2 Å². The van der Waals surface area contributed by atoms with Crippen LogP contribution in [0.5, 0.6) is 0 Å². The van der Waals surface area contributed by atoms with Crippen LogP contribution >= 0.6 is 11.3 Å². The molecule has 2 aromatic rings. The summed E-state index contributed by atoms with van der Waals surface area (Å²) in [7, 11) is 0. The minimum atomic E-state index is -0.564. The number of aryl methyl sites for hydroxylation is 2. The summed E-state index contributed by atoms with van der Waals surface area (Å²) in [6, 6.07) is 0. The fraction of sp³-hybridized carbons (Fsp3) is 0.538. The highest BCUT2D eigenvalue weighted by atomic mass is 32.1. The number of thiophene rings is 1. The van der Waals surface area contributed by atoms with Crippen LogP contribution in [0.25, 0.3) is 10.2 Å². The fourth-order valence-corrected chi connectivity index (χ4v) is 3.68. The van der Waals surface area contributed by atoms with Crippen molar-refractivity contribution in [3.8, 4) is 0 Å². The smallest absolute Gasteiger partial charge is 0.146 e. The molecule has 2 aromatic heterocycles. The first-order chi connectivity index (χ1) is 8.85. The van der Waals surface area contributed by atoms with Gasteiger partial charge >= 0.3 is 0 Å². The molecule has 3 rings (SSSR count). The summed E-state index contributed by atoms with van der Waals surface area (Å²) >= 11 is 1.66. The maximum Gasteiger partial charge on any atom is 0.146 e. The van der Waals surface area contributed by atoms with Crippen molar-refractivity contribution < 1.29 is 5.11 Å². The van der Waals surface area contributed by atoms with Gasteiger partial charge in [0.15, 0.2) is 0 Å². The van der Waals surface area contributed by atoms with Gasteiger partial charge in [-0.05, 0) is 26.3 Å². The lowest BCUT2D eigenvalue weighted by Crippen LogP contribution is -2.59. The van der Waals surface area contributed by atoms with E-state index >= 15 is 0 Å². The number of rotatable bonds is 2. The van der Waals surface area contributed by atoms with E-state index in [1.807, 2.05) is 6.92 Å². The number of anilines is 1. The lowest BCUT2D eigenvalue weighted by atomic mass is 9.97. The van der Waals surface area contributed by atoms with Crippen LogP contribution in [-0.2, 0) is 6.54 Å². The first-order valence-electron chi connectivity index (χ1n) is 6.32. The predicted octanol–water partition coefficient (Wildman–Crippen LogP) is 1.46. The third-order valence-electron chi connectivity index (χ3n) is 3.60. The van der Waals surface area contributed by atoms with E-state index in [1.165, 1.54) is 10.4 Å². The van der Waals surface area contributed by atoms with Gasteiger partial charge in [0.05, 0.1) is 17.5 Å². The number of aromatic nitrogens is 2. The van der Waals surface area contributed by atoms with Gasteiger partial charge in [-0.25, -0.2) is 9.97 Å². The standard InChI is InChI=1S/C13H18N4OS/c1-7-8(2)19-12-10(7)11(14)15-9(16-12)4-17-5-13(3,18)6-17/h18H,4-6H2,1-3H3,(H2,14,15,16). The zero-order valence-electron chi connectivity index (χ0n) is 11.4. The van der Waals surface area contributed by atoms with Crippen molar-refractivity contribution >= 4 is 27.4 Å². The number of nitrogens with two attached hydrogens (primary N) is 1. The van der Waals surface area contributed by atoms with Crippen molar-refractivity contribution in [1.82, 2.24) is 14.9 Å². The van der Waals surface area contributed by atoms with Gasteiger partial charge in [-0.1, -0.05) is 0 Å². The van der Waals surface area contributed by atoms with Gasteiger partial charge in [-0.3, -0.25) is 4.90 Å². The van der Waals surface area contributed by atoms with Gasteiger partial charge in [0.1, 0.15) is 16.5 Å². The van der Waals surface area contributed by atoms with Gasteiger partial charge in [0, 0.05) is 18.0 Å². The Morgan fingerprint density at radius 1 is 1.37 bits per heavy atom. The second kappa shape index (κ2) is 4.13. The molecule has 0 aliphatic carbocycles. The van der Waals surface area contributed by atoms with Crippen LogP contribution < -0.4 is 5.73 Å². The number of nitrogens with zero attached hydrogens (tertiary/aromatic N) is 3. The van der Waals surface area contributed by atoms with Gasteiger partial charge in [0.25, 0.3) is 0 Å². The first-order valence-corrected chi connectivity index (χ1v) is 7.14. The molecule has 6 heteroatoms. The van der Waals surface area contributed by atoms with Crippen LogP contribution in [0.3, 0.4) is 0 Å². The van der Waals surface area contributed by atoms with Crippen molar-refractivity contribution in [2.24, 2.45) is 0 Å². The van der Waals surface area contributed by atoms with E-state index in [4.69, 9.17) is 5.73 Å². The minimum absolute atomic E-state index is 0.564. The molecule has 0 spiro atoms. The molecule has 0 bridgehead atoms. The quantitative estimate of drug-likeness (QED) is 0.870. The Kier molecular flexibility index (Phi) is 2.78. The van der Waals surface area contributed by atoms with Gasteiger partial charge < -0.3 is 10.8 Å². The summed E-state index contributed by atoms with van der Waals surface area (Å²) in [6.07, 6.45) is 0. The van der Waals surface area contributed by atoms with E-state index in [0.29, 0.717) is 25.5 Å². The second-order valence-electron chi connectivity index (χ2n) is 5.63. The third-order valence-corrected chi connectivity index (χ3v) is 4.70. The molecule has 1 fully saturated rings. The van der Waals surface area contributed by atoms with Gasteiger partial charge in [-0.2, -0.15) is 0 Å². The molecule has 0 radical (unpaired) electrons. The lowest BCUT2D eigenvalue weighted by molar-refractivity contribution is -0.0879. The highest BCUT2D eigenvalue weighted by Gasteiger charge is 2.36. The molecular formula is C13H18N4OS. The number of fused-ring (bicyclic) bond motifs is 1. The first kappa shape index (κ1) is 12.8. The number of hydrogen-bond acceptors (Lipinski definition) is 6. The number of aliphatic hydroxyl groups is 1. The maximum absolute atomic E-state index is 9.72. The van der Waals surface area contributed by atoms with Crippen LogP contribution in [0.4, 0.5) is 5.82 Å². The molecule has 0 atom stereocenters. The maximum atomic E-state index is 9.72. The zero-order valence-corrected chi connectivity index (χ0v) is 12.2. The summed E-state index contributed by atoms with van der Waals surface area (Å²) < 4.78 is 0. The molecular weight excluding hydrogens is 260 g/mol. The Balaban J connectivity index is 1.89. The molecule has 1 aliphatic heterocycles. The summed E-state index contributed by atoms with van der Waals surface area (Å²) in [5, 5.41) is 10.7. The van der Waals surface area contributed by atoms with Crippen molar-refractivity contribution in [1.29, 1.82) is 0 Å². The Hall–Kier alpha value is -1.24. The Labute approximate surface area is 116 Å². The third kappa shape index (κ3) is 2.20. The van der Waals surface area contributed by atoms with E-state index in [9.17, 15) is 5.11 Å². The number of hydrogen-bond donors (Lipinski definition) is 2. The van der Waals surface area contributed by atoms with Crippen LogP contribution in [0, 0.1) is 13.8 Å². The topological polar surface area (TPSA) is 75.3 Å². The summed E-state index contributed by atoms with van der Waals surface area (Å²) in [6.45, 7) is 7.95. The molecule has 3 heterocycles. The van der Waals surface area contributed by atoms with Gasteiger partial charge in [-0.15, -0.1) is 11.3 Å². The fourth-order valence-electron chi connectivity index (χ4n) is 2.63. The number of likely N-dealkylation sites (tertiary alicyclic amines) is 1. The molecule has 102 valence electrons. The summed E-state index contributed by atoms with van der Waals surface area (Å²) in [4.78, 5) is 13.3. The van der Waals surface area contributed by atoms with Crippen LogP contribution in [-0.4, -0.2) is 38.7 Å². The van der Waals surface area contributed by atoms with Crippen LogP contribution in [0.2, 0.25) is 0 Å². The number of β-amino-alcohol motifs (C(OH)–C–C–N with tert-alkyl or cyclic N) is 1. The molecule has 5 nitrogen and oxygen atoms in total. The predicted molar refractivity (Wildman–Crippen MR) is 77.2 cm³/mol. The minimum Gasteiger partial charge on any atom is -0.388 e. The largest absolute Gasteiger partial charge is 0.388 e. The lowest BCUT2D eigenvalue weighted by Gasteiger charge is -2.43. The van der Waals surface area contributed by atoms with E-state index in [-0.39, 0.29) is 0 Å². The SMILES string of the molecule is Cc1sc2nc(CN3CC(C)(O)C3)nc(N)c2c1C. The van der Waals surface area contributed by atoms with Gasteiger partial charge in [0.2, 0.25) is 0 Å². The van der Waals surface area contributed by atoms with Crippen molar-refractivity contribution in [2.45, 2.75) is 32.9 Å². The zero-order chi connectivity index (χ0) is 13.8. The average molecular weight is 278 g/mol. The molecule has 0 unspecified atom stereocenters. The molecule has 0 aromatic carbocycles. The molecule has 19 heavy (non-hydrogen) atoms. The van der Waals surface area contributed by atoms with Crippen molar-refractivity contribution in [3.05, 3.63) is 16.3 Å². The second-order valence-corrected chi connectivity index (χ2v) is 6.83. The summed E-state index contributed by atoms with van der Waals surface area (Å²) in [5.74, 6) is 1.30.